The van der Waals surface area contributed by atoms with Gasteiger partial charge in [-0.15, -0.1) is 0 Å². The smallest absolute Gasteiger partial charge is 0.414 e. The Balaban J connectivity index is 3.03. The summed E-state index contributed by atoms with van der Waals surface area (Å²) in [6, 6.07) is 2.16. The van der Waals surface area contributed by atoms with Crippen molar-refractivity contribution in [2.24, 2.45) is 4.99 Å². The molecule has 1 aromatic carbocycles. The topological polar surface area (TPSA) is 89.0 Å². The monoisotopic (exact) mass is 463 g/mol. The third-order valence-electron chi connectivity index (χ3n) is 2.74. The van der Waals surface area contributed by atoms with Crippen LogP contribution in [0, 0.1) is 11.6 Å². The van der Waals surface area contributed by atoms with E-state index in [-0.39, 0.29) is 16.0 Å². The van der Waals surface area contributed by atoms with Gasteiger partial charge in [-0.2, -0.15) is 0 Å². The third-order valence-corrected chi connectivity index (χ3v) is 3.20. The molecule has 156 valence electrons. The number of ether oxygens (including phenoxy) is 2. The highest BCUT2D eigenvalue weighted by Gasteiger charge is 2.21. The first kappa shape index (κ1) is 23.8. The predicted octanol–water partition coefficient (Wildman–Crippen LogP) is 4.63. The molecule has 0 saturated carbocycles. The SMILES string of the molecule is CC(C)(C)OC(=O)NC(=NCc1c(F)cc(Br)cc1F)NC(=O)OC(C)(C)C. The number of hydrogen-bond donors (Lipinski definition) is 2. The van der Waals surface area contributed by atoms with Crippen LogP contribution in [-0.2, 0) is 16.0 Å². The van der Waals surface area contributed by atoms with E-state index in [1.165, 1.54) is 0 Å². The van der Waals surface area contributed by atoms with E-state index in [1.54, 1.807) is 41.5 Å². The van der Waals surface area contributed by atoms with Crippen LogP contribution in [0.25, 0.3) is 0 Å². The maximum atomic E-state index is 14.0. The zero-order valence-electron chi connectivity index (χ0n) is 16.6. The summed E-state index contributed by atoms with van der Waals surface area (Å²) in [7, 11) is 0. The maximum Gasteiger partial charge on any atom is 0.414 e. The molecule has 0 aromatic heterocycles. The lowest BCUT2D eigenvalue weighted by Gasteiger charge is -2.22. The van der Waals surface area contributed by atoms with Gasteiger partial charge < -0.3 is 9.47 Å². The molecule has 1 aromatic rings. The molecule has 28 heavy (non-hydrogen) atoms. The van der Waals surface area contributed by atoms with E-state index in [0.29, 0.717) is 0 Å². The van der Waals surface area contributed by atoms with Gasteiger partial charge in [-0.3, -0.25) is 10.6 Å². The zero-order chi connectivity index (χ0) is 21.7. The van der Waals surface area contributed by atoms with E-state index in [0.717, 1.165) is 12.1 Å². The largest absolute Gasteiger partial charge is 0.444 e. The van der Waals surface area contributed by atoms with E-state index < -0.39 is 41.6 Å². The number of amides is 2. The summed E-state index contributed by atoms with van der Waals surface area (Å²) in [5, 5.41) is 4.47. The number of carbonyl (C=O) groups excluding carboxylic acids is 2. The van der Waals surface area contributed by atoms with E-state index in [2.05, 4.69) is 31.6 Å². The second-order valence-corrected chi connectivity index (χ2v) is 8.68. The Hall–Kier alpha value is -2.23. The maximum absolute atomic E-state index is 14.0. The molecule has 0 bridgehead atoms. The van der Waals surface area contributed by atoms with Gasteiger partial charge in [0.2, 0.25) is 5.96 Å². The van der Waals surface area contributed by atoms with Gasteiger partial charge in [0.25, 0.3) is 0 Å². The quantitative estimate of drug-likeness (QED) is 0.494. The Morgan fingerprint density at radius 1 is 0.964 bits per heavy atom. The molecular weight excluding hydrogens is 440 g/mol. The molecule has 0 heterocycles. The fourth-order valence-corrected chi connectivity index (χ4v) is 2.19. The number of hydrogen-bond acceptors (Lipinski definition) is 5. The first-order chi connectivity index (χ1) is 12.7. The average Bonchev–Trinajstić information content (AvgIpc) is 2.41. The van der Waals surface area contributed by atoms with Crippen LogP contribution in [0.5, 0.6) is 0 Å². The molecule has 0 unspecified atom stereocenters. The van der Waals surface area contributed by atoms with Crippen molar-refractivity contribution in [3.8, 4) is 0 Å². The number of halogens is 3. The van der Waals surface area contributed by atoms with Crippen LogP contribution in [0.15, 0.2) is 21.6 Å². The molecule has 7 nitrogen and oxygen atoms in total. The van der Waals surface area contributed by atoms with Crippen molar-refractivity contribution >= 4 is 34.1 Å². The van der Waals surface area contributed by atoms with Crippen molar-refractivity contribution in [2.45, 2.75) is 59.3 Å². The number of aliphatic imine (C=N–C) groups is 1. The molecule has 10 heteroatoms. The lowest BCUT2D eigenvalue weighted by molar-refractivity contribution is 0.0545. The van der Waals surface area contributed by atoms with Gasteiger partial charge in [0, 0.05) is 10.0 Å². The van der Waals surface area contributed by atoms with Gasteiger partial charge in [-0.25, -0.2) is 23.4 Å². The van der Waals surface area contributed by atoms with Crippen LogP contribution in [0.3, 0.4) is 0 Å². The number of nitrogens with one attached hydrogen (secondary N) is 2. The van der Waals surface area contributed by atoms with Gasteiger partial charge in [0.05, 0.1) is 6.54 Å². The van der Waals surface area contributed by atoms with Crippen molar-refractivity contribution in [3.05, 3.63) is 33.8 Å². The summed E-state index contributed by atoms with van der Waals surface area (Å²) in [5.74, 6) is -2.03. The molecule has 0 atom stereocenters. The zero-order valence-corrected chi connectivity index (χ0v) is 18.2. The second-order valence-electron chi connectivity index (χ2n) is 7.77. The predicted molar refractivity (Wildman–Crippen MR) is 104 cm³/mol. The summed E-state index contributed by atoms with van der Waals surface area (Å²) in [6.07, 6.45) is -1.81. The molecule has 0 fully saturated rings. The highest BCUT2D eigenvalue weighted by molar-refractivity contribution is 9.10. The standard InChI is InChI=1S/C18H24BrF2N3O4/c1-17(2,3)27-15(25)23-14(24-16(26)28-18(4,5)6)22-9-11-12(20)7-10(19)8-13(11)21/h7-8H,9H2,1-6H3,(H2,22,23,24,25,26). The van der Waals surface area contributed by atoms with E-state index in [4.69, 9.17) is 9.47 Å². The number of carbonyl (C=O) groups is 2. The van der Waals surface area contributed by atoms with Crippen molar-refractivity contribution < 1.29 is 27.8 Å². The Morgan fingerprint density at radius 3 is 1.71 bits per heavy atom. The highest BCUT2D eigenvalue weighted by Crippen LogP contribution is 2.20. The van der Waals surface area contributed by atoms with E-state index >= 15 is 0 Å². The Morgan fingerprint density at radius 2 is 1.36 bits per heavy atom. The Kier molecular flexibility index (Phi) is 7.92. The van der Waals surface area contributed by atoms with Crippen LogP contribution in [0.4, 0.5) is 18.4 Å². The first-order valence-electron chi connectivity index (χ1n) is 8.34. The minimum Gasteiger partial charge on any atom is -0.444 e. The van der Waals surface area contributed by atoms with Gasteiger partial charge in [0.15, 0.2) is 0 Å². The number of nitrogens with zero attached hydrogens (tertiary/aromatic N) is 1. The Bertz CT molecular complexity index is 716. The number of rotatable bonds is 2. The molecule has 0 aliphatic rings. The highest BCUT2D eigenvalue weighted by atomic mass is 79.9. The molecule has 2 N–H and O–H groups in total. The summed E-state index contributed by atoms with van der Waals surface area (Å²) in [4.78, 5) is 27.8. The number of guanidine groups is 1. The summed E-state index contributed by atoms with van der Waals surface area (Å²) < 4.78 is 38.3. The second kappa shape index (κ2) is 9.31. The molecule has 0 aliphatic carbocycles. The Labute approximate surface area is 171 Å². The van der Waals surface area contributed by atoms with Crippen molar-refractivity contribution in [1.82, 2.24) is 10.6 Å². The molecular formula is C18H24BrF2N3O4. The molecule has 1 rings (SSSR count). The number of alkyl carbamates (subject to hydrolysis) is 2. The van der Waals surface area contributed by atoms with Gasteiger partial charge >= 0.3 is 12.2 Å². The van der Waals surface area contributed by atoms with Crippen LogP contribution >= 0.6 is 15.9 Å². The fourth-order valence-electron chi connectivity index (χ4n) is 1.79. The minimum atomic E-state index is -0.904. The van der Waals surface area contributed by atoms with Crippen molar-refractivity contribution in [2.75, 3.05) is 0 Å². The van der Waals surface area contributed by atoms with E-state index in [1.807, 2.05) is 0 Å². The molecule has 0 radical (unpaired) electrons. The molecule has 0 aliphatic heterocycles. The number of benzene rings is 1. The van der Waals surface area contributed by atoms with Gasteiger partial charge in [0.1, 0.15) is 22.8 Å². The van der Waals surface area contributed by atoms with Crippen LogP contribution in [-0.4, -0.2) is 29.3 Å². The van der Waals surface area contributed by atoms with Crippen LogP contribution in [0.2, 0.25) is 0 Å². The van der Waals surface area contributed by atoms with E-state index in [9.17, 15) is 18.4 Å². The third kappa shape index (κ3) is 9.12. The average molecular weight is 464 g/mol. The van der Waals surface area contributed by atoms with Gasteiger partial charge in [-0.05, 0) is 53.7 Å². The van der Waals surface area contributed by atoms with Gasteiger partial charge in [-0.1, -0.05) is 15.9 Å². The minimum absolute atomic E-state index is 0.231. The molecule has 0 saturated heterocycles. The first-order valence-corrected chi connectivity index (χ1v) is 9.13. The summed E-state index contributed by atoms with van der Waals surface area (Å²) >= 11 is 2.99. The lowest BCUT2D eigenvalue weighted by Crippen LogP contribution is -2.47. The molecule has 2 amide bonds. The van der Waals surface area contributed by atoms with Crippen molar-refractivity contribution in [3.63, 3.8) is 0 Å². The molecule has 0 spiro atoms. The van der Waals surface area contributed by atoms with Crippen molar-refractivity contribution in [1.29, 1.82) is 0 Å². The fraction of sp³-hybridized carbons (Fsp3) is 0.500. The van der Waals surface area contributed by atoms with Crippen LogP contribution in [0.1, 0.15) is 47.1 Å². The summed E-state index contributed by atoms with van der Waals surface area (Å²) in [5.41, 5.74) is -1.94. The normalized spacial score (nSPS) is 11.5. The lowest BCUT2D eigenvalue weighted by atomic mass is 10.2. The van der Waals surface area contributed by atoms with Crippen LogP contribution < -0.4 is 10.6 Å². The summed E-state index contributed by atoms with van der Waals surface area (Å²) in [6.45, 7) is 9.42.